The fourth-order valence-corrected chi connectivity index (χ4v) is 4.59. The summed E-state index contributed by atoms with van der Waals surface area (Å²) in [5.41, 5.74) is 3.15. The zero-order valence-corrected chi connectivity index (χ0v) is 14.1. The van der Waals surface area contributed by atoms with Gasteiger partial charge in [-0.15, -0.1) is 11.3 Å². The number of benzene rings is 1. The van der Waals surface area contributed by atoms with Gasteiger partial charge in [0.25, 0.3) is 0 Å². The Morgan fingerprint density at radius 1 is 1.15 bits per heavy atom. The summed E-state index contributed by atoms with van der Waals surface area (Å²) in [6, 6.07) is 10.7. The SMILES string of the molecule is CC(O)(Cc1ccc(Br)s1)c1ccc2c(c1)CCCC2. The fraction of sp³-hybridized carbons (Fsp3) is 0.412. The van der Waals surface area contributed by atoms with E-state index in [-0.39, 0.29) is 0 Å². The number of aliphatic hydroxyl groups is 1. The molecule has 0 radical (unpaired) electrons. The average molecular weight is 351 g/mol. The average Bonchev–Trinajstić information content (AvgIpc) is 2.83. The van der Waals surface area contributed by atoms with E-state index in [1.54, 1.807) is 11.3 Å². The molecule has 1 aliphatic rings. The summed E-state index contributed by atoms with van der Waals surface area (Å²) in [7, 11) is 0. The first-order chi connectivity index (χ1) is 9.54. The van der Waals surface area contributed by atoms with E-state index in [9.17, 15) is 5.11 Å². The van der Waals surface area contributed by atoms with Crippen LogP contribution in [0.2, 0.25) is 0 Å². The maximum Gasteiger partial charge on any atom is 0.0916 e. The second-order valence-electron chi connectivity index (χ2n) is 5.85. The Kier molecular flexibility index (Phi) is 4.02. The van der Waals surface area contributed by atoms with Crippen molar-refractivity contribution >= 4 is 27.3 Å². The van der Waals surface area contributed by atoms with Crippen molar-refractivity contribution in [2.75, 3.05) is 0 Å². The smallest absolute Gasteiger partial charge is 0.0916 e. The predicted octanol–water partition coefficient (Wildman–Crippen LogP) is 4.84. The lowest BCUT2D eigenvalue weighted by Crippen LogP contribution is -2.24. The van der Waals surface area contributed by atoms with E-state index >= 15 is 0 Å². The molecule has 0 fully saturated rings. The van der Waals surface area contributed by atoms with Crippen molar-refractivity contribution in [2.45, 2.75) is 44.6 Å². The van der Waals surface area contributed by atoms with Crippen molar-refractivity contribution in [3.05, 3.63) is 55.7 Å². The summed E-state index contributed by atoms with van der Waals surface area (Å²) in [5, 5.41) is 10.8. The van der Waals surface area contributed by atoms with Gasteiger partial charge in [0.05, 0.1) is 9.39 Å². The molecule has 1 heterocycles. The third kappa shape index (κ3) is 3.00. The lowest BCUT2D eigenvalue weighted by Gasteiger charge is -2.26. The number of rotatable bonds is 3. The van der Waals surface area contributed by atoms with Crippen LogP contribution in [-0.4, -0.2) is 5.11 Å². The van der Waals surface area contributed by atoms with Crippen molar-refractivity contribution in [3.8, 4) is 0 Å². The topological polar surface area (TPSA) is 20.2 Å². The predicted molar refractivity (Wildman–Crippen MR) is 88.4 cm³/mol. The highest BCUT2D eigenvalue weighted by Crippen LogP contribution is 2.32. The number of hydrogen-bond acceptors (Lipinski definition) is 2. The van der Waals surface area contributed by atoms with E-state index < -0.39 is 5.60 Å². The second kappa shape index (κ2) is 5.63. The summed E-state index contributed by atoms with van der Waals surface area (Å²) in [6.07, 6.45) is 5.59. The Morgan fingerprint density at radius 3 is 2.60 bits per heavy atom. The zero-order valence-electron chi connectivity index (χ0n) is 11.7. The van der Waals surface area contributed by atoms with Gasteiger partial charge in [-0.1, -0.05) is 18.2 Å². The standard InChI is InChI=1S/C17H19BrOS/c1-17(19,11-15-8-9-16(18)20-15)14-7-6-12-4-2-3-5-13(12)10-14/h6-10,19H,2-5,11H2,1H3. The Morgan fingerprint density at radius 2 is 1.90 bits per heavy atom. The molecule has 0 saturated heterocycles. The van der Waals surface area contributed by atoms with E-state index in [1.807, 2.05) is 13.0 Å². The van der Waals surface area contributed by atoms with Crippen LogP contribution < -0.4 is 0 Å². The molecule has 0 amide bonds. The number of fused-ring (bicyclic) bond motifs is 1. The van der Waals surface area contributed by atoms with Gasteiger partial charge >= 0.3 is 0 Å². The number of aryl methyl sites for hydroxylation is 2. The van der Waals surface area contributed by atoms with Gasteiger partial charge < -0.3 is 5.11 Å². The molecule has 0 spiro atoms. The molecule has 106 valence electrons. The molecule has 1 unspecified atom stereocenters. The highest BCUT2D eigenvalue weighted by Gasteiger charge is 2.25. The normalized spacial score (nSPS) is 17.6. The molecule has 1 nitrogen and oxygen atoms in total. The summed E-state index contributed by atoms with van der Waals surface area (Å²) in [4.78, 5) is 1.21. The van der Waals surface area contributed by atoms with Crippen molar-refractivity contribution in [1.29, 1.82) is 0 Å². The number of thiophene rings is 1. The van der Waals surface area contributed by atoms with E-state index in [2.05, 4.69) is 40.2 Å². The minimum atomic E-state index is -0.795. The van der Waals surface area contributed by atoms with Crippen molar-refractivity contribution in [1.82, 2.24) is 0 Å². The fourth-order valence-electron chi connectivity index (χ4n) is 2.96. The highest BCUT2D eigenvalue weighted by molar-refractivity contribution is 9.11. The molecule has 1 aromatic heterocycles. The van der Waals surface area contributed by atoms with Gasteiger partial charge in [-0.2, -0.15) is 0 Å². The van der Waals surface area contributed by atoms with Crippen molar-refractivity contribution in [2.24, 2.45) is 0 Å². The molecule has 0 aliphatic heterocycles. The molecular weight excluding hydrogens is 332 g/mol. The quantitative estimate of drug-likeness (QED) is 0.839. The highest BCUT2D eigenvalue weighted by atomic mass is 79.9. The zero-order chi connectivity index (χ0) is 14.2. The lowest BCUT2D eigenvalue weighted by atomic mass is 9.85. The minimum absolute atomic E-state index is 0.669. The van der Waals surface area contributed by atoms with Crippen molar-refractivity contribution < 1.29 is 5.11 Å². The lowest BCUT2D eigenvalue weighted by molar-refractivity contribution is 0.0583. The van der Waals surface area contributed by atoms with Gasteiger partial charge in [-0.25, -0.2) is 0 Å². The van der Waals surface area contributed by atoms with E-state index in [0.29, 0.717) is 6.42 Å². The van der Waals surface area contributed by atoms with Gasteiger partial charge in [0.2, 0.25) is 0 Å². The second-order valence-corrected chi connectivity index (χ2v) is 8.39. The molecule has 0 bridgehead atoms. The van der Waals surface area contributed by atoms with Crippen LogP contribution in [0.1, 0.15) is 41.3 Å². The Balaban J connectivity index is 1.86. The molecule has 3 heteroatoms. The molecule has 1 aliphatic carbocycles. The summed E-state index contributed by atoms with van der Waals surface area (Å²) in [6.45, 7) is 1.92. The molecule has 0 saturated carbocycles. The van der Waals surface area contributed by atoms with Crippen molar-refractivity contribution in [3.63, 3.8) is 0 Å². The van der Waals surface area contributed by atoms with Gasteiger partial charge in [-0.05, 0) is 77.4 Å². The maximum absolute atomic E-state index is 10.8. The maximum atomic E-state index is 10.8. The first-order valence-electron chi connectivity index (χ1n) is 7.13. The molecule has 3 rings (SSSR count). The van der Waals surface area contributed by atoms with Crippen LogP contribution in [0.25, 0.3) is 0 Å². The molecule has 2 aromatic rings. The van der Waals surface area contributed by atoms with Crippen LogP contribution in [0.4, 0.5) is 0 Å². The van der Waals surface area contributed by atoms with Crippen LogP contribution in [0.3, 0.4) is 0 Å². The van der Waals surface area contributed by atoms with E-state index in [4.69, 9.17) is 0 Å². The first kappa shape index (κ1) is 14.3. The first-order valence-corrected chi connectivity index (χ1v) is 8.74. The summed E-state index contributed by atoms with van der Waals surface area (Å²) < 4.78 is 1.12. The van der Waals surface area contributed by atoms with Crippen LogP contribution >= 0.6 is 27.3 Å². The summed E-state index contributed by atoms with van der Waals surface area (Å²) in [5.74, 6) is 0. The van der Waals surface area contributed by atoms with E-state index in [1.165, 1.54) is 35.3 Å². The molecule has 1 aromatic carbocycles. The third-order valence-electron chi connectivity index (χ3n) is 4.12. The van der Waals surface area contributed by atoms with Crippen LogP contribution in [0.15, 0.2) is 34.1 Å². The molecule has 20 heavy (non-hydrogen) atoms. The molecule has 1 N–H and O–H groups in total. The Bertz CT molecular complexity index is 615. The van der Waals surface area contributed by atoms with Gasteiger partial charge in [-0.3, -0.25) is 0 Å². The van der Waals surface area contributed by atoms with Gasteiger partial charge in [0, 0.05) is 11.3 Å². The van der Waals surface area contributed by atoms with Crippen LogP contribution in [0, 0.1) is 0 Å². The van der Waals surface area contributed by atoms with Crippen LogP contribution in [-0.2, 0) is 24.9 Å². The number of halogens is 1. The van der Waals surface area contributed by atoms with Crippen LogP contribution in [0.5, 0.6) is 0 Å². The Hall–Kier alpha value is -0.640. The van der Waals surface area contributed by atoms with Gasteiger partial charge in [0.15, 0.2) is 0 Å². The summed E-state index contributed by atoms with van der Waals surface area (Å²) >= 11 is 5.18. The minimum Gasteiger partial charge on any atom is -0.385 e. The number of hydrogen-bond donors (Lipinski definition) is 1. The van der Waals surface area contributed by atoms with E-state index in [0.717, 1.165) is 15.8 Å². The molecule has 1 atom stereocenters. The molecular formula is C17H19BrOS. The Labute approximate surface area is 132 Å². The largest absolute Gasteiger partial charge is 0.385 e. The van der Waals surface area contributed by atoms with Gasteiger partial charge in [0.1, 0.15) is 0 Å². The monoisotopic (exact) mass is 350 g/mol. The third-order valence-corrected chi connectivity index (χ3v) is 5.74.